The lowest BCUT2D eigenvalue weighted by atomic mass is 10.1. The molecule has 40 heavy (non-hydrogen) atoms. The van der Waals surface area contributed by atoms with Crippen LogP contribution in [-0.2, 0) is 17.8 Å². The summed E-state index contributed by atoms with van der Waals surface area (Å²) < 4.78 is 27.7. The van der Waals surface area contributed by atoms with Gasteiger partial charge in [0.25, 0.3) is 0 Å². The molecule has 0 unspecified atom stereocenters. The number of aliphatic hydroxyl groups is 1. The van der Waals surface area contributed by atoms with Crippen molar-refractivity contribution in [3.8, 4) is 5.75 Å². The van der Waals surface area contributed by atoms with E-state index in [2.05, 4.69) is 44.2 Å². The van der Waals surface area contributed by atoms with Crippen molar-refractivity contribution in [2.45, 2.75) is 58.7 Å². The number of nitrogen functional groups attached to an aromatic ring is 1. The van der Waals surface area contributed by atoms with E-state index in [1.807, 2.05) is 6.07 Å². The molecule has 216 valence electrons. The molecule has 5 N–H and O–H groups in total. The Balaban J connectivity index is 0.00000118. The number of aromatic nitrogens is 3. The molecule has 9 nitrogen and oxygen atoms in total. The predicted octanol–water partition coefficient (Wildman–Crippen LogP) is 4.84. The van der Waals surface area contributed by atoms with Gasteiger partial charge in [0.1, 0.15) is 22.6 Å². The molecule has 1 aliphatic rings. The Bertz CT molecular complexity index is 1400. The maximum absolute atomic E-state index is 14.3. The van der Waals surface area contributed by atoms with E-state index >= 15 is 0 Å². The van der Waals surface area contributed by atoms with Gasteiger partial charge in [-0.1, -0.05) is 19.4 Å². The summed E-state index contributed by atoms with van der Waals surface area (Å²) in [6.07, 6.45) is 4.10. The number of benzene rings is 2. The summed E-state index contributed by atoms with van der Waals surface area (Å²) in [4.78, 5) is 9.05. The standard InChI is InChI=1S/C28H35FN6O2.C2H6O/c1-3-4-11-31-27-26-25(33-28(30)34-27)22-15-20(29)6-7-23(22)35(26)17-19-14-18(5-8-24(19)36-2)16-32-21-9-12-37-13-10-21;1-2-3/h5-8,14-15,21,32H,3-4,9-13,16-17H2,1-2H3,(H3,30,31,33,34);3H,2H2,1H3. The van der Waals surface area contributed by atoms with E-state index in [-0.39, 0.29) is 18.4 Å². The molecule has 1 fully saturated rings. The molecule has 5 rings (SSSR count). The number of nitrogens with zero attached hydrogens (tertiary/aromatic N) is 3. The van der Waals surface area contributed by atoms with Crippen LogP contribution >= 0.6 is 0 Å². The third-order valence-corrected chi connectivity index (χ3v) is 6.99. The number of rotatable bonds is 10. The number of halogens is 1. The Labute approximate surface area is 234 Å². The Morgan fingerprint density at radius 3 is 2.65 bits per heavy atom. The zero-order valence-corrected chi connectivity index (χ0v) is 23.7. The van der Waals surface area contributed by atoms with Crippen LogP contribution < -0.4 is 21.1 Å². The van der Waals surface area contributed by atoms with Crippen LogP contribution in [0.2, 0.25) is 0 Å². The first-order valence-corrected chi connectivity index (χ1v) is 14.1. The summed E-state index contributed by atoms with van der Waals surface area (Å²) in [5, 5.41) is 15.4. The number of hydrogen-bond donors (Lipinski definition) is 4. The molecule has 0 saturated carbocycles. The maximum Gasteiger partial charge on any atom is 0.222 e. The SMILES string of the molecule is CCCCNc1nc(N)nc2c3cc(F)ccc3n(Cc3cc(CNC4CCOCC4)ccc3OC)c12.CCO. The van der Waals surface area contributed by atoms with Crippen LogP contribution in [0.25, 0.3) is 21.9 Å². The molecular formula is C30H41FN6O3. The second-order valence-electron chi connectivity index (χ2n) is 9.89. The van der Waals surface area contributed by atoms with Crippen molar-refractivity contribution in [3.63, 3.8) is 0 Å². The number of methoxy groups -OCH3 is 1. The van der Waals surface area contributed by atoms with Gasteiger partial charge in [-0.25, -0.2) is 9.37 Å². The van der Waals surface area contributed by atoms with Crippen molar-refractivity contribution in [1.82, 2.24) is 19.9 Å². The van der Waals surface area contributed by atoms with Crippen molar-refractivity contribution in [2.24, 2.45) is 0 Å². The lowest BCUT2D eigenvalue weighted by molar-refractivity contribution is 0.0776. The highest BCUT2D eigenvalue weighted by Crippen LogP contribution is 2.34. The van der Waals surface area contributed by atoms with Crippen molar-refractivity contribution in [3.05, 3.63) is 53.3 Å². The van der Waals surface area contributed by atoms with Crippen LogP contribution in [0.1, 0.15) is 50.7 Å². The van der Waals surface area contributed by atoms with E-state index in [0.29, 0.717) is 29.3 Å². The molecule has 0 radical (unpaired) electrons. The first-order valence-electron chi connectivity index (χ1n) is 14.1. The van der Waals surface area contributed by atoms with Crippen molar-refractivity contribution >= 4 is 33.7 Å². The summed E-state index contributed by atoms with van der Waals surface area (Å²) in [6.45, 7) is 7.72. The van der Waals surface area contributed by atoms with Gasteiger partial charge in [-0.2, -0.15) is 4.98 Å². The van der Waals surface area contributed by atoms with Crippen molar-refractivity contribution in [1.29, 1.82) is 0 Å². The molecule has 1 saturated heterocycles. The molecule has 3 heterocycles. The fourth-order valence-corrected chi connectivity index (χ4v) is 5.04. The van der Waals surface area contributed by atoms with E-state index in [0.717, 1.165) is 74.3 Å². The number of aliphatic hydroxyl groups excluding tert-OH is 1. The van der Waals surface area contributed by atoms with Crippen molar-refractivity contribution < 1.29 is 19.0 Å². The van der Waals surface area contributed by atoms with Gasteiger partial charge >= 0.3 is 0 Å². The molecule has 0 amide bonds. The van der Waals surface area contributed by atoms with Crippen LogP contribution in [0, 0.1) is 5.82 Å². The zero-order valence-electron chi connectivity index (χ0n) is 23.7. The highest BCUT2D eigenvalue weighted by atomic mass is 19.1. The molecule has 4 aromatic rings. The molecule has 0 spiro atoms. The Morgan fingerprint density at radius 1 is 1.15 bits per heavy atom. The summed E-state index contributed by atoms with van der Waals surface area (Å²) in [6, 6.07) is 11.5. The number of nitrogens with one attached hydrogen (secondary N) is 2. The molecule has 1 aliphatic heterocycles. The van der Waals surface area contributed by atoms with E-state index in [1.165, 1.54) is 17.7 Å². The number of nitrogens with two attached hydrogens (primary N) is 1. The van der Waals surface area contributed by atoms with E-state index in [9.17, 15) is 4.39 Å². The van der Waals surface area contributed by atoms with Gasteiger partial charge in [0.05, 0.1) is 19.2 Å². The first-order chi connectivity index (χ1) is 19.5. The van der Waals surface area contributed by atoms with Crippen LogP contribution in [0.5, 0.6) is 5.75 Å². The largest absolute Gasteiger partial charge is 0.496 e. The van der Waals surface area contributed by atoms with E-state index in [1.54, 1.807) is 20.1 Å². The average Bonchev–Trinajstić information content (AvgIpc) is 3.25. The summed E-state index contributed by atoms with van der Waals surface area (Å²) in [7, 11) is 1.68. The number of anilines is 2. The smallest absolute Gasteiger partial charge is 0.222 e. The number of ether oxygens (including phenoxy) is 2. The molecule has 2 aromatic heterocycles. The Kier molecular flexibility index (Phi) is 10.5. The minimum atomic E-state index is -0.317. The predicted molar refractivity (Wildman–Crippen MR) is 158 cm³/mol. The Hall–Kier alpha value is -3.47. The Morgan fingerprint density at radius 2 is 1.93 bits per heavy atom. The molecule has 10 heteroatoms. The highest BCUT2D eigenvalue weighted by Gasteiger charge is 2.20. The third-order valence-electron chi connectivity index (χ3n) is 6.99. The summed E-state index contributed by atoms with van der Waals surface area (Å²) in [5.41, 5.74) is 10.6. The topological polar surface area (TPSA) is 119 Å². The molecule has 0 bridgehead atoms. The van der Waals surface area contributed by atoms with Gasteiger partial charge < -0.3 is 35.5 Å². The van der Waals surface area contributed by atoms with Crippen LogP contribution in [0.4, 0.5) is 16.2 Å². The average molecular weight is 553 g/mol. The molecular weight excluding hydrogens is 511 g/mol. The third kappa shape index (κ3) is 6.99. The lowest BCUT2D eigenvalue weighted by Gasteiger charge is -2.23. The monoisotopic (exact) mass is 552 g/mol. The zero-order chi connectivity index (χ0) is 28.5. The van der Waals surface area contributed by atoms with Crippen LogP contribution in [0.3, 0.4) is 0 Å². The second kappa shape index (κ2) is 14.2. The maximum atomic E-state index is 14.3. The fourth-order valence-electron chi connectivity index (χ4n) is 5.04. The highest BCUT2D eigenvalue weighted by molar-refractivity contribution is 6.09. The van der Waals surface area contributed by atoms with Crippen molar-refractivity contribution in [2.75, 3.05) is 44.5 Å². The van der Waals surface area contributed by atoms with Crippen LogP contribution in [0.15, 0.2) is 36.4 Å². The van der Waals surface area contributed by atoms with Gasteiger partial charge in [0, 0.05) is 49.9 Å². The summed E-state index contributed by atoms with van der Waals surface area (Å²) >= 11 is 0. The minimum Gasteiger partial charge on any atom is -0.496 e. The number of fused-ring (bicyclic) bond motifs is 3. The summed E-state index contributed by atoms with van der Waals surface area (Å²) in [5.74, 6) is 1.30. The number of unbranched alkanes of at least 4 members (excludes halogenated alkanes) is 1. The van der Waals surface area contributed by atoms with E-state index < -0.39 is 0 Å². The molecule has 2 aromatic carbocycles. The van der Waals surface area contributed by atoms with E-state index in [4.69, 9.17) is 20.3 Å². The van der Waals surface area contributed by atoms with Gasteiger partial charge in [-0.05, 0) is 62.1 Å². The quantitative estimate of drug-likeness (QED) is 0.206. The normalized spacial score (nSPS) is 13.8. The molecule has 0 aliphatic carbocycles. The van der Waals surface area contributed by atoms with Gasteiger partial charge in [-0.15, -0.1) is 0 Å². The van der Waals surface area contributed by atoms with Gasteiger partial charge in [0.15, 0.2) is 5.82 Å². The molecule has 0 atom stereocenters. The fraction of sp³-hybridized carbons (Fsp3) is 0.467. The first kappa shape index (κ1) is 29.5. The number of hydrogen-bond acceptors (Lipinski definition) is 8. The van der Waals surface area contributed by atoms with Crippen LogP contribution in [-0.4, -0.2) is 59.2 Å². The van der Waals surface area contributed by atoms with Gasteiger partial charge in [-0.3, -0.25) is 0 Å². The second-order valence-corrected chi connectivity index (χ2v) is 9.89. The lowest BCUT2D eigenvalue weighted by Crippen LogP contribution is -2.34. The van der Waals surface area contributed by atoms with Gasteiger partial charge in [0.2, 0.25) is 5.95 Å². The minimum absolute atomic E-state index is 0.161.